The lowest BCUT2D eigenvalue weighted by atomic mass is 9.93. The minimum absolute atomic E-state index is 0.0418. The molecule has 1 heterocycles. The minimum atomic E-state index is -0.670. The number of hydrogen-bond acceptors (Lipinski definition) is 4. The number of nitrogens with one attached hydrogen (secondary N) is 1. The molecule has 1 aliphatic heterocycles. The van der Waals surface area contributed by atoms with Crippen LogP contribution in [0.4, 0.5) is 5.69 Å². The van der Waals surface area contributed by atoms with Crippen molar-refractivity contribution in [3.63, 3.8) is 0 Å². The Bertz CT molecular complexity index is 1110. The summed E-state index contributed by atoms with van der Waals surface area (Å²) in [6.45, 7) is 7.32. The first-order valence-electron chi connectivity index (χ1n) is 13.1. The number of amides is 2. The second kappa shape index (κ2) is 13.1. The van der Waals surface area contributed by atoms with Crippen molar-refractivity contribution in [2.75, 3.05) is 31.1 Å². The molecular weight excluding hydrogens is 462 g/mol. The van der Waals surface area contributed by atoms with Gasteiger partial charge >= 0.3 is 0 Å². The zero-order valence-corrected chi connectivity index (χ0v) is 21.8. The Morgan fingerprint density at radius 3 is 2.05 bits per heavy atom. The second-order valence-corrected chi connectivity index (χ2v) is 9.96. The number of hydrogen-bond donors (Lipinski definition) is 1. The molecule has 1 saturated heterocycles. The highest BCUT2D eigenvalue weighted by molar-refractivity contribution is 5.80. The van der Waals surface area contributed by atoms with Crippen LogP contribution in [0.1, 0.15) is 25.8 Å². The molecule has 0 radical (unpaired) electrons. The van der Waals surface area contributed by atoms with Crippen molar-refractivity contribution in [3.8, 4) is 11.1 Å². The van der Waals surface area contributed by atoms with E-state index < -0.39 is 12.1 Å². The molecule has 37 heavy (non-hydrogen) atoms. The van der Waals surface area contributed by atoms with Crippen LogP contribution in [0.2, 0.25) is 0 Å². The first-order chi connectivity index (χ1) is 18.0. The van der Waals surface area contributed by atoms with E-state index in [4.69, 9.17) is 4.74 Å². The third-order valence-electron chi connectivity index (χ3n) is 6.84. The maximum atomic E-state index is 13.7. The molecule has 0 bridgehead atoms. The van der Waals surface area contributed by atoms with Crippen LogP contribution >= 0.6 is 0 Å². The Balaban J connectivity index is 1.38. The van der Waals surface area contributed by atoms with Crippen molar-refractivity contribution in [1.29, 1.82) is 0 Å². The van der Waals surface area contributed by atoms with Gasteiger partial charge in [-0.2, -0.15) is 0 Å². The molecule has 0 aliphatic carbocycles. The van der Waals surface area contributed by atoms with Crippen molar-refractivity contribution in [2.45, 2.75) is 33.1 Å². The Kier molecular flexibility index (Phi) is 9.33. The number of benzene rings is 3. The summed E-state index contributed by atoms with van der Waals surface area (Å²) in [6, 6.07) is 28.8. The molecule has 194 valence electrons. The van der Waals surface area contributed by atoms with Gasteiger partial charge in [0.1, 0.15) is 6.23 Å². The maximum absolute atomic E-state index is 13.7. The largest absolute Gasteiger partial charge is 0.368 e. The number of carbonyl (C=O) groups is 2. The smallest absolute Gasteiger partial charge is 0.230 e. The van der Waals surface area contributed by atoms with Gasteiger partial charge in [0.15, 0.2) is 0 Å². The monoisotopic (exact) mass is 499 g/mol. The highest BCUT2D eigenvalue weighted by atomic mass is 16.5. The Morgan fingerprint density at radius 2 is 1.46 bits per heavy atom. The van der Waals surface area contributed by atoms with Gasteiger partial charge in [0, 0.05) is 31.9 Å². The van der Waals surface area contributed by atoms with E-state index in [1.165, 1.54) is 11.1 Å². The predicted octanol–water partition coefficient (Wildman–Crippen LogP) is 4.95. The Hall–Kier alpha value is -3.64. The van der Waals surface area contributed by atoms with E-state index in [9.17, 15) is 9.59 Å². The summed E-state index contributed by atoms with van der Waals surface area (Å²) in [5, 5.41) is 2.77. The van der Waals surface area contributed by atoms with Gasteiger partial charge in [0.25, 0.3) is 0 Å². The van der Waals surface area contributed by atoms with Gasteiger partial charge in [0.2, 0.25) is 12.3 Å². The van der Waals surface area contributed by atoms with Crippen LogP contribution < -0.4 is 10.2 Å². The van der Waals surface area contributed by atoms with E-state index >= 15 is 0 Å². The zero-order chi connectivity index (χ0) is 26.0. The van der Waals surface area contributed by atoms with Crippen LogP contribution in [0.15, 0.2) is 84.9 Å². The molecule has 6 nitrogen and oxygen atoms in total. The third-order valence-corrected chi connectivity index (χ3v) is 6.84. The van der Waals surface area contributed by atoms with Crippen molar-refractivity contribution in [3.05, 3.63) is 90.5 Å². The van der Waals surface area contributed by atoms with E-state index in [1.807, 2.05) is 53.4 Å². The van der Waals surface area contributed by atoms with Crippen LogP contribution in [-0.2, 0) is 20.9 Å². The summed E-state index contributed by atoms with van der Waals surface area (Å²) >= 11 is 0. The van der Waals surface area contributed by atoms with Gasteiger partial charge in [-0.1, -0.05) is 86.6 Å². The maximum Gasteiger partial charge on any atom is 0.230 e. The highest BCUT2D eigenvalue weighted by Crippen LogP contribution is 2.25. The molecule has 1 unspecified atom stereocenters. The fourth-order valence-electron chi connectivity index (χ4n) is 4.88. The fourth-order valence-corrected chi connectivity index (χ4v) is 4.88. The normalized spacial score (nSPS) is 15.3. The van der Waals surface area contributed by atoms with E-state index in [1.54, 1.807) is 0 Å². The van der Waals surface area contributed by atoms with Gasteiger partial charge < -0.3 is 19.9 Å². The topological polar surface area (TPSA) is 61.9 Å². The van der Waals surface area contributed by atoms with Gasteiger partial charge in [-0.3, -0.25) is 9.59 Å². The van der Waals surface area contributed by atoms with Gasteiger partial charge in [-0.15, -0.1) is 0 Å². The molecule has 2 amide bonds. The third kappa shape index (κ3) is 7.20. The molecule has 0 spiro atoms. The Labute approximate surface area is 220 Å². The molecular formula is C31H37N3O3. The molecule has 1 aliphatic rings. The van der Waals surface area contributed by atoms with Crippen molar-refractivity contribution in [1.82, 2.24) is 10.2 Å². The average Bonchev–Trinajstić information content (AvgIpc) is 2.95. The quantitative estimate of drug-likeness (QED) is 0.299. The number of nitrogens with zero attached hydrogens (tertiary/aromatic N) is 2. The van der Waals surface area contributed by atoms with Crippen LogP contribution in [0.5, 0.6) is 0 Å². The molecule has 3 aromatic carbocycles. The predicted molar refractivity (Wildman–Crippen MR) is 148 cm³/mol. The summed E-state index contributed by atoms with van der Waals surface area (Å²) in [7, 11) is 0. The molecule has 0 saturated carbocycles. The van der Waals surface area contributed by atoms with E-state index in [-0.39, 0.29) is 11.8 Å². The first-order valence-corrected chi connectivity index (χ1v) is 13.1. The van der Waals surface area contributed by atoms with Crippen molar-refractivity contribution >= 4 is 18.0 Å². The van der Waals surface area contributed by atoms with Crippen LogP contribution in [0.25, 0.3) is 11.1 Å². The summed E-state index contributed by atoms with van der Waals surface area (Å²) in [6.07, 6.45) is 0.601. The molecule has 1 fully saturated rings. The summed E-state index contributed by atoms with van der Waals surface area (Å²) in [5.74, 6) is -0.111. The zero-order valence-electron chi connectivity index (χ0n) is 21.8. The number of carbonyl (C=O) groups excluding carboxylic acids is 2. The van der Waals surface area contributed by atoms with Crippen LogP contribution in [-0.4, -0.2) is 49.6 Å². The minimum Gasteiger partial charge on any atom is -0.368 e. The highest BCUT2D eigenvalue weighted by Gasteiger charge is 2.34. The summed E-state index contributed by atoms with van der Waals surface area (Å²) in [5.41, 5.74) is 4.56. The number of anilines is 1. The van der Waals surface area contributed by atoms with E-state index in [2.05, 4.69) is 60.5 Å². The molecule has 3 aromatic rings. The lowest BCUT2D eigenvalue weighted by Gasteiger charge is -2.39. The van der Waals surface area contributed by atoms with Gasteiger partial charge in [-0.25, -0.2) is 0 Å². The second-order valence-electron chi connectivity index (χ2n) is 9.96. The van der Waals surface area contributed by atoms with Crippen molar-refractivity contribution in [2.24, 2.45) is 11.8 Å². The number of piperazine rings is 1. The SMILES string of the molecule is CC(C)C[C@H](C(=O)N1CCN(c2ccc(-c3ccccc3)cc2)CC1)C(NC=O)OCc1ccccc1. The Morgan fingerprint density at radius 1 is 0.865 bits per heavy atom. The van der Waals surface area contributed by atoms with Crippen LogP contribution in [0, 0.1) is 11.8 Å². The van der Waals surface area contributed by atoms with Crippen LogP contribution in [0.3, 0.4) is 0 Å². The lowest BCUT2D eigenvalue weighted by molar-refractivity contribution is -0.145. The van der Waals surface area contributed by atoms with Gasteiger partial charge in [0.05, 0.1) is 12.5 Å². The molecule has 2 atom stereocenters. The summed E-state index contributed by atoms with van der Waals surface area (Å²) < 4.78 is 6.08. The average molecular weight is 500 g/mol. The van der Waals surface area contributed by atoms with Gasteiger partial charge in [-0.05, 0) is 41.2 Å². The standard InChI is InChI=1S/C31H37N3O3/c1-24(2)21-29(30(32-23-35)37-22-25-9-5-3-6-10-25)31(36)34-19-17-33(18-20-34)28-15-13-27(14-16-28)26-11-7-4-8-12-26/h3-16,23-24,29-30H,17-22H2,1-2H3,(H,32,35)/t29-,30?/m0/s1. The van der Waals surface area contributed by atoms with E-state index in [0.717, 1.165) is 24.3 Å². The van der Waals surface area contributed by atoms with Crippen molar-refractivity contribution < 1.29 is 14.3 Å². The van der Waals surface area contributed by atoms with E-state index in [0.29, 0.717) is 32.5 Å². The molecule has 4 rings (SSSR count). The molecule has 6 heteroatoms. The molecule has 0 aromatic heterocycles. The lowest BCUT2D eigenvalue weighted by Crippen LogP contribution is -2.54. The molecule has 1 N–H and O–H groups in total. The number of rotatable bonds is 11. The fraction of sp³-hybridized carbons (Fsp3) is 0.355. The first kappa shape index (κ1) is 26.4. The summed E-state index contributed by atoms with van der Waals surface area (Å²) in [4.78, 5) is 29.3. The number of ether oxygens (including phenoxy) is 1.